The van der Waals surface area contributed by atoms with Gasteiger partial charge in [0.05, 0.1) is 29.9 Å². The zero-order chi connectivity index (χ0) is 20.1. The van der Waals surface area contributed by atoms with Gasteiger partial charge in [0.15, 0.2) is 0 Å². The number of carbonyl (C=O) groups excluding carboxylic acids is 1. The van der Waals surface area contributed by atoms with E-state index in [1.807, 2.05) is 19.1 Å². The molecule has 0 aliphatic carbocycles. The number of hydrogen-bond acceptors (Lipinski definition) is 3. The van der Waals surface area contributed by atoms with E-state index in [0.717, 1.165) is 16.6 Å². The first-order chi connectivity index (χ1) is 14.0. The number of hydrogen-bond donors (Lipinski definition) is 1. The van der Waals surface area contributed by atoms with E-state index in [4.69, 9.17) is 0 Å². The number of aromatic nitrogens is 3. The highest BCUT2D eigenvalue weighted by Gasteiger charge is 2.29. The number of aromatic amines is 1. The molecule has 0 unspecified atom stereocenters. The van der Waals surface area contributed by atoms with Crippen LogP contribution in [0.1, 0.15) is 27.3 Å². The number of nitrogens with one attached hydrogen (secondary N) is 1. The van der Waals surface area contributed by atoms with Gasteiger partial charge in [0, 0.05) is 22.8 Å². The van der Waals surface area contributed by atoms with Gasteiger partial charge in [0.1, 0.15) is 11.6 Å². The Hall–Kier alpha value is -3.61. The van der Waals surface area contributed by atoms with E-state index < -0.39 is 11.6 Å². The lowest BCUT2D eigenvalue weighted by Crippen LogP contribution is -2.24. The molecule has 7 heteroatoms. The Labute approximate surface area is 165 Å². The number of carbonyl (C=O) groups is 1. The molecule has 0 radical (unpaired) electrons. The lowest BCUT2D eigenvalue weighted by molar-refractivity contribution is 0.0763. The maximum Gasteiger partial charge on any atom is 0.256 e. The van der Waals surface area contributed by atoms with Crippen molar-refractivity contribution in [2.75, 3.05) is 0 Å². The van der Waals surface area contributed by atoms with E-state index in [0.29, 0.717) is 22.4 Å². The second-order valence-corrected chi connectivity index (χ2v) is 7.16. The van der Waals surface area contributed by atoms with Gasteiger partial charge in [-0.2, -0.15) is 5.10 Å². The molecular weight excluding hydrogens is 374 g/mol. The van der Waals surface area contributed by atoms with Crippen molar-refractivity contribution in [3.05, 3.63) is 82.8 Å². The van der Waals surface area contributed by atoms with Crippen LogP contribution >= 0.6 is 0 Å². The Bertz CT molecular complexity index is 1260. The van der Waals surface area contributed by atoms with Gasteiger partial charge < -0.3 is 4.90 Å². The first-order valence-electron chi connectivity index (χ1n) is 9.17. The summed E-state index contributed by atoms with van der Waals surface area (Å²) in [7, 11) is 0. The third kappa shape index (κ3) is 2.86. The summed E-state index contributed by atoms with van der Waals surface area (Å²) in [6, 6.07) is 11.4. The number of fused-ring (bicyclic) bond motifs is 2. The molecule has 0 saturated carbocycles. The summed E-state index contributed by atoms with van der Waals surface area (Å²) in [6.07, 6.45) is 1.60. The molecule has 4 aromatic rings. The molecule has 5 rings (SSSR count). The van der Waals surface area contributed by atoms with Crippen LogP contribution in [0.15, 0.2) is 48.7 Å². The number of halogens is 2. The Morgan fingerprint density at radius 2 is 1.90 bits per heavy atom. The third-order valence-electron chi connectivity index (χ3n) is 5.32. The van der Waals surface area contributed by atoms with E-state index in [1.165, 1.54) is 17.0 Å². The molecule has 0 saturated heterocycles. The Balaban J connectivity index is 1.47. The van der Waals surface area contributed by atoms with Crippen LogP contribution < -0.4 is 0 Å². The van der Waals surface area contributed by atoms with Crippen molar-refractivity contribution in [1.82, 2.24) is 20.1 Å². The maximum atomic E-state index is 14.8. The summed E-state index contributed by atoms with van der Waals surface area (Å²) in [5.41, 5.74) is 3.79. The molecule has 0 fully saturated rings. The maximum absolute atomic E-state index is 14.8. The second kappa shape index (κ2) is 6.48. The molecule has 1 N–H and O–H groups in total. The molecule has 0 atom stereocenters. The van der Waals surface area contributed by atoms with Crippen molar-refractivity contribution >= 4 is 16.8 Å². The summed E-state index contributed by atoms with van der Waals surface area (Å²) in [6.45, 7) is 1.99. The largest absolute Gasteiger partial charge is 0.328 e. The van der Waals surface area contributed by atoms with E-state index in [9.17, 15) is 13.6 Å². The van der Waals surface area contributed by atoms with Gasteiger partial charge in [-0.3, -0.25) is 14.9 Å². The van der Waals surface area contributed by atoms with Crippen LogP contribution in [-0.4, -0.2) is 26.0 Å². The summed E-state index contributed by atoms with van der Waals surface area (Å²) in [4.78, 5) is 18.0. The molecular formula is C22H16F2N4O. The first kappa shape index (κ1) is 17.5. The minimum absolute atomic E-state index is 0.129. The van der Waals surface area contributed by atoms with Crippen LogP contribution in [0, 0.1) is 18.6 Å². The van der Waals surface area contributed by atoms with Gasteiger partial charge in [-0.1, -0.05) is 6.07 Å². The fourth-order valence-corrected chi connectivity index (χ4v) is 3.74. The minimum atomic E-state index is -0.680. The first-order valence-corrected chi connectivity index (χ1v) is 9.17. The summed E-state index contributed by atoms with van der Waals surface area (Å²) < 4.78 is 29.7. The average Bonchev–Trinajstić information content (AvgIpc) is 3.24. The number of H-pyrrole nitrogens is 1. The SMILES string of the molecule is Cc1[nH]nc2ccc(-c3cc(F)c(CN4Cc5ncccc5C4=O)c(F)c3)cc12. The van der Waals surface area contributed by atoms with Crippen molar-refractivity contribution < 1.29 is 13.6 Å². The van der Waals surface area contributed by atoms with Gasteiger partial charge in [0.2, 0.25) is 0 Å². The van der Waals surface area contributed by atoms with Crippen LogP contribution in [0.4, 0.5) is 8.78 Å². The van der Waals surface area contributed by atoms with Crippen LogP contribution in [0.25, 0.3) is 22.0 Å². The molecule has 29 heavy (non-hydrogen) atoms. The fourth-order valence-electron chi connectivity index (χ4n) is 3.74. The van der Waals surface area contributed by atoms with Crippen molar-refractivity contribution in [1.29, 1.82) is 0 Å². The molecule has 144 valence electrons. The Morgan fingerprint density at radius 1 is 1.10 bits per heavy atom. The lowest BCUT2D eigenvalue weighted by atomic mass is 10.0. The highest BCUT2D eigenvalue weighted by atomic mass is 19.1. The summed E-state index contributed by atoms with van der Waals surface area (Å²) >= 11 is 0. The third-order valence-corrected chi connectivity index (χ3v) is 5.32. The molecule has 3 heterocycles. The number of nitrogens with zero attached hydrogens (tertiary/aromatic N) is 3. The van der Waals surface area contributed by atoms with Gasteiger partial charge in [-0.15, -0.1) is 0 Å². The highest BCUT2D eigenvalue weighted by Crippen LogP contribution is 2.30. The number of amides is 1. The average molecular weight is 390 g/mol. The van der Waals surface area contributed by atoms with Gasteiger partial charge in [-0.25, -0.2) is 8.78 Å². The van der Waals surface area contributed by atoms with Crippen LogP contribution in [-0.2, 0) is 13.1 Å². The van der Waals surface area contributed by atoms with E-state index in [-0.39, 0.29) is 24.6 Å². The zero-order valence-electron chi connectivity index (χ0n) is 15.5. The van der Waals surface area contributed by atoms with Gasteiger partial charge >= 0.3 is 0 Å². The van der Waals surface area contributed by atoms with Crippen molar-refractivity contribution in [3.8, 4) is 11.1 Å². The molecule has 5 nitrogen and oxygen atoms in total. The van der Waals surface area contributed by atoms with Crippen molar-refractivity contribution in [2.24, 2.45) is 0 Å². The highest BCUT2D eigenvalue weighted by molar-refractivity contribution is 5.97. The zero-order valence-corrected chi connectivity index (χ0v) is 15.5. The molecule has 1 aliphatic rings. The number of benzene rings is 2. The topological polar surface area (TPSA) is 61.9 Å². The van der Waals surface area contributed by atoms with E-state index in [1.54, 1.807) is 24.4 Å². The molecule has 1 aliphatic heterocycles. The Morgan fingerprint density at radius 3 is 2.66 bits per heavy atom. The molecule has 0 spiro atoms. The number of aryl methyl sites for hydroxylation is 1. The number of rotatable bonds is 3. The van der Waals surface area contributed by atoms with E-state index in [2.05, 4.69) is 15.2 Å². The predicted octanol–water partition coefficient (Wildman–Crippen LogP) is 4.37. The van der Waals surface area contributed by atoms with Crippen LogP contribution in [0.5, 0.6) is 0 Å². The minimum Gasteiger partial charge on any atom is -0.328 e. The molecule has 2 aromatic carbocycles. The normalized spacial score (nSPS) is 13.3. The van der Waals surface area contributed by atoms with Gasteiger partial charge in [0.25, 0.3) is 5.91 Å². The standard InChI is InChI=1S/C22H16F2N4O/c1-12-16-7-13(4-5-20(16)27-26-12)14-8-18(23)17(19(24)9-14)10-28-11-21-15(22(28)29)3-2-6-25-21/h2-9H,10-11H2,1H3,(H,26,27). The Kier molecular flexibility index (Phi) is 3.91. The summed E-state index contributed by atoms with van der Waals surface area (Å²) in [5.74, 6) is -1.63. The molecule has 2 aromatic heterocycles. The van der Waals surface area contributed by atoms with Crippen molar-refractivity contribution in [2.45, 2.75) is 20.0 Å². The second-order valence-electron chi connectivity index (χ2n) is 7.16. The quantitative estimate of drug-likeness (QED) is 0.565. The molecule has 0 bridgehead atoms. The summed E-state index contributed by atoms with van der Waals surface area (Å²) in [5, 5.41) is 7.97. The van der Waals surface area contributed by atoms with Crippen LogP contribution in [0.3, 0.4) is 0 Å². The van der Waals surface area contributed by atoms with Crippen LogP contribution in [0.2, 0.25) is 0 Å². The smallest absolute Gasteiger partial charge is 0.256 e. The van der Waals surface area contributed by atoms with Crippen molar-refractivity contribution in [3.63, 3.8) is 0 Å². The number of pyridine rings is 1. The molecule has 1 amide bonds. The van der Waals surface area contributed by atoms with Gasteiger partial charge in [-0.05, 0) is 54.4 Å². The lowest BCUT2D eigenvalue weighted by Gasteiger charge is -2.17. The monoisotopic (exact) mass is 390 g/mol. The van der Waals surface area contributed by atoms with E-state index >= 15 is 0 Å². The fraction of sp³-hybridized carbons (Fsp3) is 0.136. The predicted molar refractivity (Wildman–Crippen MR) is 104 cm³/mol.